The number of benzene rings is 1. The molecule has 0 bridgehead atoms. The Morgan fingerprint density at radius 3 is 2.67 bits per heavy atom. The van der Waals surface area contributed by atoms with Crippen LogP contribution in [0, 0.1) is 6.92 Å². The van der Waals surface area contributed by atoms with E-state index in [9.17, 15) is 0 Å². The first-order valence-corrected chi connectivity index (χ1v) is 8.38. The summed E-state index contributed by atoms with van der Waals surface area (Å²) in [6, 6.07) is 6.67. The molecule has 3 heteroatoms. The molecular weight excluding hydrogens is 258 g/mol. The molecule has 0 aliphatic carbocycles. The maximum absolute atomic E-state index is 5.09. The third-order valence-corrected chi connectivity index (χ3v) is 4.98. The van der Waals surface area contributed by atoms with Crippen molar-refractivity contribution in [3.8, 4) is 0 Å². The summed E-state index contributed by atoms with van der Waals surface area (Å²) in [4.78, 5) is 5.09. The van der Waals surface area contributed by atoms with Gasteiger partial charge in [-0.05, 0) is 63.9 Å². The lowest BCUT2D eigenvalue weighted by Crippen LogP contribution is -2.41. The lowest BCUT2D eigenvalue weighted by atomic mass is 9.74. The fraction of sp³-hybridized carbons (Fsp3) is 0.611. The first kappa shape index (κ1) is 14.6. The van der Waals surface area contributed by atoms with Crippen molar-refractivity contribution in [1.29, 1.82) is 0 Å². The Hall–Kier alpha value is -1.35. The van der Waals surface area contributed by atoms with Gasteiger partial charge >= 0.3 is 0 Å². The molecule has 1 saturated heterocycles. The number of aryl methyl sites for hydroxylation is 2. The minimum atomic E-state index is 0.267. The average Bonchev–Trinajstić information content (AvgIpc) is 2.86. The zero-order valence-electron chi connectivity index (χ0n) is 13.6. The van der Waals surface area contributed by atoms with E-state index in [1.807, 2.05) is 0 Å². The first-order valence-electron chi connectivity index (χ1n) is 8.38. The molecule has 114 valence electrons. The molecule has 0 radical (unpaired) electrons. The van der Waals surface area contributed by atoms with Crippen LogP contribution in [0.25, 0.3) is 11.0 Å². The van der Waals surface area contributed by atoms with Gasteiger partial charge in [0.2, 0.25) is 0 Å². The molecule has 2 aromatic rings. The van der Waals surface area contributed by atoms with Gasteiger partial charge in [0, 0.05) is 12.0 Å². The minimum Gasteiger partial charge on any atom is -0.328 e. The molecule has 0 amide bonds. The second-order valence-corrected chi connectivity index (χ2v) is 6.45. The van der Waals surface area contributed by atoms with Gasteiger partial charge in [-0.3, -0.25) is 0 Å². The summed E-state index contributed by atoms with van der Waals surface area (Å²) in [7, 11) is 0. The number of nitrogens with zero attached hydrogens (tertiary/aromatic N) is 2. The van der Waals surface area contributed by atoms with E-state index in [0.717, 1.165) is 19.6 Å². The van der Waals surface area contributed by atoms with Gasteiger partial charge in [0.25, 0.3) is 0 Å². The van der Waals surface area contributed by atoms with Crippen molar-refractivity contribution in [1.82, 2.24) is 14.9 Å². The second-order valence-electron chi connectivity index (χ2n) is 6.45. The van der Waals surface area contributed by atoms with Gasteiger partial charge in [0.1, 0.15) is 5.82 Å². The molecule has 1 aromatic heterocycles. The van der Waals surface area contributed by atoms with Crippen molar-refractivity contribution >= 4 is 11.0 Å². The summed E-state index contributed by atoms with van der Waals surface area (Å²) in [6.45, 7) is 9.93. The number of hydrogen-bond acceptors (Lipinski definition) is 2. The monoisotopic (exact) mass is 285 g/mol. The molecular formula is C18H27N3. The summed E-state index contributed by atoms with van der Waals surface area (Å²) >= 11 is 0. The van der Waals surface area contributed by atoms with Crippen LogP contribution in [0.4, 0.5) is 0 Å². The Labute approximate surface area is 127 Å². The van der Waals surface area contributed by atoms with E-state index in [1.165, 1.54) is 48.1 Å². The number of piperidine rings is 1. The lowest BCUT2D eigenvalue weighted by molar-refractivity contribution is 0.264. The van der Waals surface area contributed by atoms with E-state index in [4.69, 9.17) is 4.98 Å². The zero-order chi connectivity index (χ0) is 14.9. The predicted molar refractivity (Wildman–Crippen MR) is 88.8 cm³/mol. The van der Waals surface area contributed by atoms with Gasteiger partial charge in [-0.25, -0.2) is 4.98 Å². The molecule has 1 aliphatic heterocycles. The summed E-state index contributed by atoms with van der Waals surface area (Å²) in [5, 5.41) is 3.51. The van der Waals surface area contributed by atoms with Crippen LogP contribution in [0.15, 0.2) is 18.2 Å². The molecule has 2 heterocycles. The Bertz CT molecular complexity index is 615. The number of rotatable bonds is 4. The fourth-order valence-corrected chi connectivity index (χ4v) is 3.93. The maximum Gasteiger partial charge on any atom is 0.116 e. The third-order valence-electron chi connectivity index (χ3n) is 4.98. The lowest BCUT2D eigenvalue weighted by Gasteiger charge is -2.37. The smallest absolute Gasteiger partial charge is 0.116 e. The standard InChI is InChI=1S/C18H27N3/c1-4-8-18(9-11-19-12-10-18)17-20-15-13-14(3)6-7-16(15)21(17)5-2/h6-7,13,19H,4-5,8-12H2,1-3H3. The number of hydrogen-bond donors (Lipinski definition) is 1. The second kappa shape index (κ2) is 5.80. The zero-order valence-corrected chi connectivity index (χ0v) is 13.6. The molecule has 0 atom stereocenters. The molecule has 0 unspecified atom stereocenters. The van der Waals surface area contributed by atoms with E-state index in [0.29, 0.717) is 0 Å². The molecule has 0 saturated carbocycles. The highest BCUT2D eigenvalue weighted by atomic mass is 15.1. The van der Waals surface area contributed by atoms with Crippen LogP contribution in [0.2, 0.25) is 0 Å². The summed E-state index contributed by atoms with van der Waals surface area (Å²) in [5.41, 5.74) is 4.03. The van der Waals surface area contributed by atoms with Crippen LogP contribution in [0.1, 0.15) is 50.9 Å². The van der Waals surface area contributed by atoms with Crippen LogP contribution >= 0.6 is 0 Å². The highest BCUT2D eigenvalue weighted by Gasteiger charge is 2.37. The van der Waals surface area contributed by atoms with Crippen molar-refractivity contribution in [2.45, 2.75) is 58.4 Å². The van der Waals surface area contributed by atoms with E-state index in [-0.39, 0.29) is 5.41 Å². The van der Waals surface area contributed by atoms with Crippen LogP contribution in [-0.2, 0) is 12.0 Å². The topological polar surface area (TPSA) is 29.9 Å². The molecule has 3 nitrogen and oxygen atoms in total. The number of nitrogens with one attached hydrogen (secondary N) is 1. The number of fused-ring (bicyclic) bond motifs is 1. The minimum absolute atomic E-state index is 0.267. The van der Waals surface area contributed by atoms with Crippen molar-refractivity contribution in [2.75, 3.05) is 13.1 Å². The summed E-state index contributed by atoms with van der Waals surface area (Å²) in [5.74, 6) is 1.33. The van der Waals surface area contributed by atoms with Crippen LogP contribution in [0.5, 0.6) is 0 Å². The largest absolute Gasteiger partial charge is 0.328 e. The van der Waals surface area contributed by atoms with Crippen molar-refractivity contribution < 1.29 is 0 Å². The van der Waals surface area contributed by atoms with Crippen molar-refractivity contribution in [3.63, 3.8) is 0 Å². The van der Waals surface area contributed by atoms with Crippen LogP contribution < -0.4 is 5.32 Å². The number of imidazole rings is 1. The van der Waals surface area contributed by atoms with E-state index in [2.05, 4.69) is 48.9 Å². The van der Waals surface area contributed by atoms with Gasteiger partial charge in [0.05, 0.1) is 11.0 Å². The highest BCUT2D eigenvalue weighted by molar-refractivity contribution is 5.77. The number of aromatic nitrogens is 2. The quantitative estimate of drug-likeness (QED) is 0.926. The summed E-state index contributed by atoms with van der Waals surface area (Å²) < 4.78 is 2.45. The average molecular weight is 285 g/mol. The third kappa shape index (κ3) is 2.48. The molecule has 1 fully saturated rings. The van der Waals surface area contributed by atoms with Gasteiger partial charge in [0.15, 0.2) is 0 Å². The summed E-state index contributed by atoms with van der Waals surface area (Å²) in [6.07, 6.45) is 4.90. The Morgan fingerprint density at radius 2 is 2.00 bits per heavy atom. The first-order chi connectivity index (χ1) is 10.2. The molecule has 1 aliphatic rings. The van der Waals surface area contributed by atoms with Gasteiger partial charge < -0.3 is 9.88 Å². The molecule has 1 aromatic carbocycles. The van der Waals surface area contributed by atoms with Crippen LogP contribution in [-0.4, -0.2) is 22.6 Å². The van der Waals surface area contributed by atoms with Crippen molar-refractivity contribution in [2.24, 2.45) is 0 Å². The highest BCUT2D eigenvalue weighted by Crippen LogP contribution is 2.38. The van der Waals surface area contributed by atoms with Gasteiger partial charge in [-0.2, -0.15) is 0 Å². The van der Waals surface area contributed by atoms with E-state index >= 15 is 0 Å². The molecule has 3 rings (SSSR count). The molecule has 1 N–H and O–H groups in total. The fourth-order valence-electron chi connectivity index (χ4n) is 3.93. The van der Waals surface area contributed by atoms with E-state index < -0.39 is 0 Å². The molecule has 0 spiro atoms. The predicted octanol–water partition coefficient (Wildman–Crippen LogP) is 3.79. The maximum atomic E-state index is 5.09. The van der Waals surface area contributed by atoms with Crippen molar-refractivity contribution in [3.05, 3.63) is 29.6 Å². The van der Waals surface area contributed by atoms with Crippen LogP contribution in [0.3, 0.4) is 0 Å². The molecule has 21 heavy (non-hydrogen) atoms. The Kier molecular flexibility index (Phi) is 4.03. The SMILES string of the molecule is CCCC1(c2nc3cc(C)ccc3n2CC)CCNCC1. The van der Waals surface area contributed by atoms with Gasteiger partial charge in [-0.1, -0.05) is 19.4 Å². The Balaban J connectivity index is 2.16. The normalized spacial score (nSPS) is 18.2. The Morgan fingerprint density at radius 1 is 1.24 bits per heavy atom. The van der Waals surface area contributed by atoms with E-state index in [1.54, 1.807) is 0 Å². The van der Waals surface area contributed by atoms with Gasteiger partial charge in [-0.15, -0.1) is 0 Å².